The van der Waals surface area contributed by atoms with Crippen LogP contribution in [0.25, 0.3) is 0 Å². The van der Waals surface area contributed by atoms with Gasteiger partial charge in [0.05, 0.1) is 20.6 Å². The summed E-state index contributed by atoms with van der Waals surface area (Å²) in [6, 6.07) is 3.67. The molecule has 1 aromatic carbocycles. The quantitative estimate of drug-likeness (QED) is 0.305. The summed E-state index contributed by atoms with van der Waals surface area (Å²) in [5.41, 5.74) is 1.85. The molecule has 0 saturated carbocycles. The molecule has 0 fully saturated rings. The number of ether oxygens (including phenoxy) is 3. The topological polar surface area (TPSA) is 44.8 Å². The van der Waals surface area contributed by atoms with Crippen LogP contribution < -0.4 is 9.47 Å². The molecule has 0 saturated heterocycles. The molecule has 0 radical (unpaired) electrons. The van der Waals surface area contributed by atoms with Crippen molar-refractivity contribution in [2.24, 2.45) is 0 Å². The maximum Gasteiger partial charge on any atom is 0.310 e. The van der Waals surface area contributed by atoms with E-state index in [0.717, 1.165) is 11.1 Å². The second-order valence-electron chi connectivity index (χ2n) is 5.08. The fourth-order valence-corrected chi connectivity index (χ4v) is 2.42. The van der Waals surface area contributed by atoms with Crippen molar-refractivity contribution in [1.29, 1.82) is 0 Å². The number of allylic oxidation sites excluding steroid dienone is 5. The highest BCUT2D eigenvalue weighted by atomic mass is 32.1. The Morgan fingerprint density at radius 3 is 2.52 bits per heavy atom. The van der Waals surface area contributed by atoms with E-state index in [0.29, 0.717) is 29.2 Å². The fourth-order valence-electron chi connectivity index (χ4n) is 2.16. The van der Waals surface area contributed by atoms with E-state index in [1.54, 1.807) is 33.3 Å². The Kier molecular flexibility index (Phi) is 12.8. The molecule has 27 heavy (non-hydrogen) atoms. The normalized spacial score (nSPS) is 13.1. The van der Waals surface area contributed by atoms with Crippen LogP contribution in [0, 0.1) is 0 Å². The maximum atomic E-state index is 12.4. The number of rotatable bonds is 5. The molecular weight excluding hydrogens is 367 g/mol. The molecule has 6 heteroatoms. The average Bonchev–Trinajstić information content (AvgIpc) is 2.68. The number of carbonyl (C=O) groups excluding carboxylic acids is 1. The molecule has 0 spiro atoms. The van der Waals surface area contributed by atoms with Gasteiger partial charge in [-0.05, 0) is 36.0 Å². The minimum atomic E-state index is -0.258. The van der Waals surface area contributed by atoms with E-state index in [-0.39, 0.29) is 18.4 Å². The van der Waals surface area contributed by atoms with Gasteiger partial charge in [-0.3, -0.25) is 4.79 Å². The lowest BCUT2D eigenvalue weighted by Crippen LogP contribution is -2.17. The third-order valence-electron chi connectivity index (χ3n) is 3.39. The van der Waals surface area contributed by atoms with Gasteiger partial charge in [0.15, 0.2) is 11.5 Å². The molecule has 1 aliphatic rings. The molecule has 1 aliphatic heterocycles. The van der Waals surface area contributed by atoms with Crippen molar-refractivity contribution in [2.75, 3.05) is 14.2 Å². The van der Waals surface area contributed by atoms with Crippen LogP contribution in [0.5, 0.6) is 11.5 Å². The van der Waals surface area contributed by atoms with E-state index >= 15 is 0 Å². The number of esters is 1. The predicted molar refractivity (Wildman–Crippen MR) is 111 cm³/mol. The van der Waals surface area contributed by atoms with Gasteiger partial charge in [-0.25, -0.2) is 4.39 Å². The number of hydrogen-bond acceptors (Lipinski definition) is 5. The zero-order chi connectivity index (χ0) is 20.8. The molecule has 0 atom stereocenters. The summed E-state index contributed by atoms with van der Waals surface area (Å²) in [5, 5.41) is 0. The number of carbonyl (C=O) groups is 1. The van der Waals surface area contributed by atoms with E-state index in [1.807, 2.05) is 19.9 Å². The second-order valence-corrected chi connectivity index (χ2v) is 5.65. The predicted octanol–water partition coefficient (Wildman–Crippen LogP) is 5.58. The first-order chi connectivity index (χ1) is 13.0. The summed E-state index contributed by atoms with van der Waals surface area (Å²) in [6.07, 6.45) is 5.37. The van der Waals surface area contributed by atoms with Crippen LogP contribution in [0.15, 0.2) is 47.7 Å². The number of methoxy groups -OCH3 is 2. The highest BCUT2D eigenvalue weighted by Gasteiger charge is 2.22. The molecule has 0 bridgehead atoms. The Morgan fingerprint density at radius 1 is 1.33 bits per heavy atom. The summed E-state index contributed by atoms with van der Waals surface area (Å²) in [6.45, 7) is 9.40. The largest absolute Gasteiger partial charge is 0.493 e. The molecular formula is C21H29FO4S. The van der Waals surface area contributed by atoms with E-state index in [4.69, 9.17) is 14.2 Å². The lowest BCUT2D eigenvalue weighted by Gasteiger charge is -2.20. The van der Waals surface area contributed by atoms with Crippen molar-refractivity contribution in [1.82, 2.24) is 0 Å². The first-order valence-electron chi connectivity index (χ1n) is 8.67. The van der Waals surface area contributed by atoms with Crippen LogP contribution in [0.2, 0.25) is 0 Å². The molecule has 2 rings (SSSR count). The molecule has 1 aromatic rings. The highest BCUT2D eigenvalue weighted by Crippen LogP contribution is 2.35. The van der Waals surface area contributed by atoms with Crippen LogP contribution in [-0.4, -0.2) is 20.2 Å². The van der Waals surface area contributed by atoms with Crippen molar-refractivity contribution in [3.63, 3.8) is 0 Å². The third kappa shape index (κ3) is 8.35. The van der Waals surface area contributed by atoms with E-state index < -0.39 is 0 Å². The number of benzene rings is 1. The van der Waals surface area contributed by atoms with Crippen LogP contribution in [0.4, 0.5) is 4.39 Å². The second kappa shape index (κ2) is 13.9. The molecule has 0 N–H and O–H groups in total. The van der Waals surface area contributed by atoms with Crippen molar-refractivity contribution in [3.8, 4) is 11.5 Å². The SMILES string of the molecule is C=CC/C(S)=C\C(F)=C/C.CC.COc1ccc2c(c1OC)COC(=O)C2. The smallest absolute Gasteiger partial charge is 0.310 e. The van der Waals surface area contributed by atoms with Gasteiger partial charge in [0.2, 0.25) is 0 Å². The third-order valence-corrected chi connectivity index (χ3v) is 3.70. The van der Waals surface area contributed by atoms with Crippen molar-refractivity contribution >= 4 is 18.6 Å². The zero-order valence-electron chi connectivity index (χ0n) is 16.7. The number of halogens is 1. The highest BCUT2D eigenvalue weighted by molar-refractivity contribution is 7.84. The number of hydrogen-bond donors (Lipinski definition) is 1. The minimum absolute atomic E-state index is 0.199. The van der Waals surface area contributed by atoms with Gasteiger partial charge in [-0.15, -0.1) is 19.2 Å². The van der Waals surface area contributed by atoms with Gasteiger partial charge in [0.25, 0.3) is 0 Å². The summed E-state index contributed by atoms with van der Waals surface area (Å²) in [4.78, 5) is 11.8. The van der Waals surface area contributed by atoms with Gasteiger partial charge in [0, 0.05) is 5.56 Å². The van der Waals surface area contributed by atoms with Gasteiger partial charge in [-0.1, -0.05) is 32.1 Å². The number of fused-ring (bicyclic) bond motifs is 1. The first-order valence-corrected chi connectivity index (χ1v) is 9.12. The molecule has 0 unspecified atom stereocenters. The Bertz CT molecular complexity index is 681. The Balaban J connectivity index is 0.000000495. The molecule has 1 heterocycles. The standard InChI is InChI=1S/C11H12O4.C8H11FS.C2H6/c1-13-9-4-3-7-5-10(12)15-6-8(7)11(9)14-2;1-3-5-8(10)6-7(9)4-2;1-2/h3-4H,5-6H2,1-2H3;3-4,6,10H,1,5H2,2H3;1-2H3/b;7-4+,8-6+;. The van der Waals surface area contributed by atoms with Crippen LogP contribution >= 0.6 is 12.6 Å². The Hall–Kier alpha value is -2.21. The Labute approximate surface area is 167 Å². The van der Waals surface area contributed by atoms with E-state index in [9.17, 15) is 9.18 Å². The fraction of sp³-hybridized carbons (Fsp3) is 0.381. The molecule has 0 amide bonds. The number of cyclic esters (lactones) is 1. The van der Waals surface area contributed by atoms with Crippen molar-refractivity contribution in [2.45, 2.75) is 40.2 Å². The minimum Gasteiger partial charge on any atom is -0.493 e. The molecule has 4 nitrogen and oxygen atoms in total. The van der Waals surface area contributed by atoms with Crippen molar-refractivity contribution < 1.29 is 23.4 Å². The lowest BCUT2D eigenvalue weighted by molar-refractivity contribution is -0.145. The maximum absolute atomic E-state index is 12.4. The van der Waals surface area contributed by atoms with Crippen molar-refractivity contribution in [3.05, 3.63) is 58.8 Å². The number of thiol groups is 1. The van der Waals surface area contributed by atoms with Gasteiger partial charge < -0.3 is 14.2 Å². The lowest BCUT2D eigenvalue weighted by atomic mass is 10.0. The molecule has 0 aliphatic carbocycles. The van der Waals surface area contributed by atoms with E-state index in [2.05, 4.69) is 19.2 Å². The van der Waals surface area contributed by atoms with Gasteiger partial charge >= 0.3 is 5.97 Å². The van der Waals surface area contributed by atoms with Gasteiger partial charge in [0.1, 0.15) is 12.4 Å². The first kappa shape index (κ1) is 24.8. The average molecular weight is 397 g/mol. The monoisotopic (exact) mass is 396 g/mol. The molecule has 150 valence electrons. The summed E-state index contributed by atoms with van der Waals surface area (Å²) in [5.74, 6) is 0.860. The van der Waals surface area contributed by atoms with E-state index in [1.165, 1.54) is 12.2 Å². The van der Waals surface area contributed by atoms with Gasteiger partial charge in [-0.2, -0.15) is 0 Å². The summed E-state index contributed by atoms with van der Waals surface area (Å²) in [7, 11) is 3.16. The summed E-state index contributed by atoms with van der Waals surface area (Å²) >= 11 is 4.01. The van der Waals surface area contributed by atoms with Crippen LogP contribution in [0.1, 0.15) is 38.3 Å². The summed E-state index contributed by atoms with van der Waals surface area (Å²) < 4.78 is 27.8. The van der Waals surface area contributed by atoms with Crippen LogP contribution in [0.3, 0.4) is 0 Å². The zero-order valence-corrected chi connectivity index (χ0v) is 17.6. The molecule has 0 aromatic heterocycles. The van der Waals surface area contributed by atoms with Crippen LogP contribution in [-0.2, 0) is 22.6 Å². The Morgan fingerprint density at radius 2 is 2.00 bits per heavy atom.